The second kappa shape index (κ2) is 7.91. The SMILES string of the molecule is CCN(CC(C)C)C(=O)C1CCCNC1.Cl. The fraction of sp³-hybridized carbons (Fsp3) is 0.917. The van der Waals surface area contributed by atoms with Gasteiger partial charge in [0.05, 0.1) is 5.92 Å². The van der Waals surface area contributed by atoms with Gasteiger partial charge in [0.25, 0.3) is 0 Å². The van der Waals surface area contributed by atoms with E-state index in [1.807, 2.05) is 4.90 Å². The van der Waals surface area contributed by atoms with Gasteiger partial charge in [0.2, 0.25) is 5.91 Å². The maximum atomic E-state index is 12.2. The normalized spacial score (nSPS) is 20.4. The van der Waals surface area contributed by atoms with E-state index < -0.39 is 0 Å². The molecule has 0 aliphatic carbocycles. The average Bonchev–Trinajstić information content (AvgIpc) is 2.26. The van der Waals surface area contributed by atoms with Gasteiger partial charge in [-0.05, 0) is 32.2 Å². The highest BCUT2D eigenvalue weighted by molar-refractivity contribution is 5.85. The van der Waals surface area contributed by atoms with Gasteiger partial charge in [-0.15, -0.1) is 12.4 Å². The molecule has 0 aromatic heterocycles. The minimum absolute atomic E-state index is 0. The number of amides is 1. The molecule has 0 aromatic rings. The topological polar surface area (TPSA) is 32.3 Å². The molecule has 0 aromatic carbocycles. The van der Waals surface area contributed by atoms with Crippen molar-refractivity contribution in [3.63, 3.8) is 0 Å². The Morgan fingerprint density at radius 2 is 2.19 bits per heavy atom. The molecule has 1 unspecified atom stereocenters. The van der Waals surface area contributed by atoms with Crippen LogP contribution in [0.25, 0.3) is 0 Å². The van der Waals surface area contributed by atoms with Gasteiger partial charge in [-0.3, -0.25) is 4.79 Å². The van der Waals surface area contributed by atoms with Gasteiger partial charge in [-0.1, -0.05) is 13.8 Å². The fourth-order valence-corrected chi connectivity index (χ4v) is 2.14. The Bertz CT molecular complexity index is 203. The number of nitrogens with one attached hydrogen (secondary N) is 1. The molecular formula is C12H25ClN2O. The first-order chi connectivity index (χ1) is 7.15. The summed E-state index contributed by atoms with van der Waals surface area (Å²) < 4.78 is 0. The summed E-state index contributed by atoms with van der Waals surface area (Å²) >= 11 is 0. The zero-order chi connectivity index (χ0) is 11.3. The van der Waals surface area contributed by atoms with Crippen molar-refractivity contribution in [1.82, 2.24) is 10.2 Å². The Morgan fingerprint density at radius 3 is 2.62 bits per heavy atom. The fourth-order valence-electron chi connectivity index (χ4n) is 2.14. The third-order valence-electron chi connectivity index (χ3n) is 2.93. The molecule has 1 fully saturated rings. The molecule has 0 saturated carbocycles. The number of rotatable bonds is 4. The van der Waals surface area contributed by atoms with Crippen LogP contribution in [0.2, 0.25) is 0 Å². The Kier molecular flexibility index (Phi) is 7.77. The highest BCUT2D eigenvalue weighted by Gasteiger charge is 2.25. The lowest BCUT2D eigenvalue weighted by Gasteiger charge is -2.30. The number of hydrogen-bond acceptors (Lipinski definition) is 2. The van der Waals surface area contributed by atoms with Crippen molar-refractivity contribution >= 4 is 18.3 Å². The van der Waals surface area contributed by atoms with Crippen molar-refractivity contribution in [2.45, 2.75) is 33.6 Å². The first-order valence-electron chi connectivity index (χ1n) is 6.14. The quantitative estimate of drug-likeness (QED) is 0.825. The summed E-state index contributed by atoms with van der Waals surface area (Å²) in [6.45, 7) is 10.1. The van der Waals surface area contributed by atoms with E-state index in [9.17, 15) is 4.79 Å². The molecule has 1 rings (SSSR count). The Labute approximate surface area is 105 Å². The molecule has 1 amide bonds. The van der Waals surface area contributed by atoms with Gasteiger partial charge in [-0.25, -0.2) is 0 Å². The smallest absolute Gasteiger partial charge is 0.226 e. The molecule has 0 radical (unpaired) electrons. The van der Waals surface area contributed by atoms with Crippen molar-refractivity contribution < 1.29 is 4.79 Å². The summed E-state index contributed by atoms with van der Waals surface area (Å²) in [7, 11) is 0. The van der Waals surface area contributed by atoms with Gasteiger partial charge < -0.3 is 10.2 Å². The van der Waals surface area contributed by atoms with Crippen LogP contribution in [-0.4, -0.2) is 37.0 Å². The number of carbonyl (C=O) groups is 1. The minimum Gasteiger partial charge on any atom is -0.342 e. The predicted octanol–water partition coefficient (Wildman–Crippen LogP) is 1.91. The van der Waals surface area contributed by atoms with E-state index in [4.69, 9.17) is 0 Å². The Morgan fingerprint density at radius 1 is 1.50 bits per heavy atom. The van der Waals surface area contributed by atoms with E-state index in [1.165, 1.54) is 0 Å². The second-order valence-electron chi connectivity index (χ2n) is 4.81. The minimum atomic E-state index is 0. The van der Waals surface area contributed by atoms with E-state index in [-0.39, 0.29) is 18.3 Å². The number of piperidine rings is 1. The maximum Gasteiger partial charge on any atom is 0.226 e. The zero-order valence-corrected chi connectivity index (χ0v) is 11.5. The van der Waals surface area contributed by atoms with Crippen molar-refractivity contribution in [2.75, 3.05) is 26.2 Å². The van der Waals surface area contributed by atoms with Crippen molar-refractivity contribution in [2.24, 2.45) is 11.8 Å². The maximum absolute atomic E-state index is 12.2. The lowest BCUT2D eigenvalue weighted by atomic mass is 9.97. The highest BCUT2D eigenvalue weighted by Crippen LogP contribution is 2.14. The third-order valence-corrected chi connectivity index (χ3v) is 2.93. The van der Waals surface area contributed by atoms with Gasteiger partial charge in [0, 0.05) is 19.6 Å². The van der Waals surface area contributed by atoms with E-state index >= 15 is 0 Å². The van der Waals surface area contributed by atoms with Gasteiger partial charge in [0.15, 0.2) is 0 Å². The summed E-state index contributed by atoms with van der Waals surface area (Å²) in [6, 6.07) is 0. The van der Waals surface area contributed by atoms with Gasteiger partial charge in [0.1, 0.15) is 0 Å². The third kappa shape index (κ3) is 4.71. The molecule has 1 N–H and O–H groups in total. The van der Waals surface area contributed by atoms with Crippen molar-refractivity contribution in [3.05, 3.63) is 0 Å². The molecule has 1 aliphatic rings. The number of halogens is 1. The van der Waals surface area contributed by atoms with E-state index in [0.717, 1.165) is 39.0 Å². The molecular weight excluding hydrogens is 224 g/mol. The van der Waals surface area contributed by atoms with E-state index in [0.29, 0.717) is 11.8 Å². The lowest BCUT2D eigenvalue weighted by Crippen LogP contribution is -2.44. The summed E-state index contributed by atoms with van der Waals surface area (Å²) in [5.74, 6) is 1.13. The second-order valence-corrected chi connectivity index (χ2v) is 4.81. The predicted molar refractivity (Wildman–Crippen MR) is 69.9 cm³/mol. The molecule has 4 heteroatoms. The monoisotopic (exact) mass is 248 g/mol. The van der Waals surface area contributed by atoms with E-state index in [2.05, 4.69) is 26.1 Å². The van der Waals surface area contributed by atoms with Crippen LogP contribution in [0.3, 0.4) is 0 Å². The van der Waals surface area contributed by atoms with Crippen LogP contribution in [0.1, 0.15) is 33.6 Å². The molecule has 0 bridgehead atoms. The summed E-state index contributed by atoms with van der Waals surface area (Å²) in [4.78, 5) is 14.2. The Balaban J connectivity index is 0.00000225. The molecule has 0 spiro atoms. The van der Waals surface area contributed by atoms with Crippen molar-refractivity contribution in [3.8, 4) is 0 Å². The average molecular weight is 249 g/mol. The van der Waals surface area contributed by atoms with Crippen molar-refractivity contribution in [1.29, 1.82) is 0 Å². The molecule has 1 saturated heterocycles. The number of hydrogen-bond donors (Lipinski definition) is 1. The standard InChI is InChI=1S/C12H24N2O.ClH/c1-4-14(9-10(2)3)12(15)11-6-5-7-13-8-11;/h10-11,13H,4-9H2,1-3H3;1H. The van der Waals surface area contributed by atoms with Crippen LogP contribution in [0.15, 0.2) is 0 Å². The zero-order valence-electron chi connectivity index (χ0n) is 10.7. The first kappa shape index (κ1) is 15.7. The molecule has 96 valence electrons. The highest BCUT2D eigenvalue weighted by atomic mass is 35.5. The first-order valence-corrected chi connectivity index (χ1v) is 6.14. The van der Waals surface area contributed by atoms with Crippen LogP contribution in [0.5, 0.6) is 0 Å². The Hall–Kier alpha value is -0.280. The number of carbonyl (C=O) groups excluding carboxylic acids is 1. The molecule has 1 atom stereocenters. The van der Waals surface area contributed by atoms with Crippen LogP contribution >= 0.6 is 12.4 Å². The largest absolute Gasteiger partial charge is 0.342 e. The van der Waals surface area contributed by atoms with Gasteiger partial charge in [-0.2, -0.15) is 0 Å². The lowest BCUT2D eigenvalue weighted by molar-refractivity contribution is -0.136. The summed E-state index contributed by atoms with van der Waals surface area (Å²) in [6.07, 6.45) is 2.19. The van der Waals surface area contributed by atoms with E-state index in [1.54, 1.807) is 0 Å². The summed E-state index contributed by atoms with van der Waals surface area (Å²) in [5.41, 5.74) is 0. The van der Waals surface area contributed by atoms with Crippen LogP contribution in [0, 0.1) is 11.8 Å². The molecule has 16 heavy (non-hydrogen) atoms. The molecule has 1 heterocycles. The van der Waals surface area contributed by atoms with Crippen LogP contribution in [-0.2, 0) is 4.79 Å². The van der Waals surface area contributed by atoms with Crippen LogP contribution < -0.4 is 5.32 Å². The summed E-state index contributed by atoms with van der Waals surface area (Å²) in [5, 5.41) is 3.30. The van der Waals surface area contributed by atoms with Gasteiger partial charge >= 0.3 is 0 Å². The number of nitrogens with zero attached hydrogens (tertiary/aromatic N) is 1. The molecule has 3 nitrogen and oxygen atoms in total. The molecule has 1 aliphatic heterocycles. The van der Waals surface area contributed by atoms with Crippen LogP contribution in [0.4, 0.5) is 0 Å².